The third kappa shape index (κ3) is 3.70. The first kappa shape index (κ1) is 15.3. The minimum atomic E-state index is -0.272. The van der Waals surface area contributed by atoms with Gasteiger partial charge in [0, 0.05) is 37.2 Å². The minimum absolute atomic E-state index is 0.152. The van der Waals surface area contributed by atoms with Crippen molar-refractivity contribution >= 4 is 16.8 Å². The fourth-order valence-corrected chi connectivity index (χ4v) is 2.33. The first-order valence-corrected chi connectivity index (χ1v) is 7.12. The van der Waals surface area contributed by atoms with Gasteiger partial charge in [-0.25, -0.2) is 0 Å². The molecule has 0 radical (unpaired) electrons. The lowest BCUT2D eigenvalue weighted by Gasteiger charge is -2.18. The Morgan fingerprint density at radius 2 is 2.00 bits per heavy atom. The van der Waals surface area contributed by atoms with E-state index in [1.807, 2.05) is 18.2 Å². The van der Waals surface area contributed by atoms with E-state index in [1.54, 1.807) is 18.0 Å². The van der Waals surface area contributed by atoms with E-state index < -0.39 is 0 Å². The highest BCUT2D eigenvalue weighted by atomic mass is 16.3. The van der Waals surface area contributed by atoms with Crippen LogP contribution in [-0.4, -0.2) is 41.1 Å². The highest BCUT2D eigenvalue weighted by Gasteiger charge is 2.15. The van der Waals surface area contributed by atoms with Gasteiger partial charge < -0.3 is 15.0 Å². The van der Waals surface area contributed by atoms with Crippen LogP contribution in [0, 0.1) is 0 Å². The summed E-state index contributed by atoms with van der Waals surface area (Å²) < 4.78 is 0. The summed E-state index contributed by atoms with van der Waals surface area (Å²) in [6, 6.07) is 8.64. The molecule has 0 aliphatic carbocycles. The zero-order valence-electron chi connectivity index (χ0n) is 12.1. The van der Waals surface area contributed by atoms with Gasteiger partial charge >= 0.3 is 0 Å². The molecule has 0 fully saturated rings. The fraction of sp³-hybridized carbons (Fsp3) is 0.375. The number of H-pyrrole nitrogens is 1. The zero-order chi connectivity index (χ0) is 15.2. The Balaban J connectivity index is 2.20. The van der Waals surface area contributed by atoms with Crippen LogP contribution in [0.5, 0.6) is 0 Å². The van der Waals surface area contributed by atoms with Crippen LogP contribution in [0.2, 0.25) is 0 Å². The molecule has 0 spiro atoms. The third-order valence-electron chi connectivity index (χ3n) is 3.48. The van der Waals surface area contributed by atoms with Crippen LogP contribution in [0.3, 0.4) is 0 Å². The van der Waals surface area contributed by atoms with Gasteiger partial charge in [0.15, 0.2) is 0 Å². The number of unbranched alkanes of at least 4 members (excludes halogenated alkanes) is 2. The average molecular weight is 288 g/mol. The molecule has 0 atom stereocenters. The molecule has 5 nitrogen and oxygen atoms in total. The number of amides is 1. The summed E-state index contributed by atoms with van der Waals surface area (Å²) in [6.45, 7) is 0.788. The van der Waals surface area contributed by atoms with Gasteiger partial charge in [-0.15, -0.1) is 0 Å². The molecule has 1 amide bonds. The van der Waals surface area contributed by atoms with Gasteiger partial charge in [-0.2, -0.15) is 0 Å². The van der Waals surface area contributed by atoms with Gasteiger partial charge in [0.1, 0.15) is 0 Å². The molecule has 0 saturated carbocycles. The number of pyridine rings is 1. The first-order chi connectivity index (χ1) is 10.1. The van der Waals surface area contributed by atoms with Gasteiger partial charge in [0.25, 0.3) is 5.91 Å². The number of aliphatic hydroxyl groups is 1. The Hall–Kier alpha value is -2.14. The molecular formula is C16H20N2O3. The Morgan fingerprint density at radius 3 is 2.76 bits per heavy atom. The van der Waals surface area contributed by atoms with Crippen molar-refractivity contribution < 1.29 is 9.90 Å². The van der Waals surface area contributed by atoms with Crippen molar-refractivity contribution in [3.05, 3.63) is 46.2 Å². The number of benzene rings is 1. The zero-order valence-corrected chi connectivity index (χ0v) is 12.1. The van der Waals surface area contributed by atoms with E-state index in [1.165, 1.54) is 6.07 Å². The predicted molar refractivity (Wildman–Crippen MR) is 82.5 cm³/mol. The predicted octanol–water partition coefficient (Wildman–Crippen LogP) is 1.76. The van der Waals surface area contributed by atoms with Gasteiger partial charge in [-0.3, -0.25) is 9.59 Å². The Bertz CT molecular complexity index is 679. The maximum atomic E-state index is 12.5. The van der Waals surface area contributed by atoms with Crippen molar-refractivity contribution in [3.8, 4) is 0 Å². The van der Waals surface area contributed by atoms with E-state index in [9.17, 15) is 9.59 Å². The van der Waals surface area contributed by atoms with Crippen LogP contribution in [0.1, 0.15) is 29.6 Å². The number of aromatic nitrogens is 1. The normalized spacial score (nSPS) is 10.8. The second-order valence-electron chi connectivity index (χ2n) is 5.10. The van der Waals surface area contributed by atoms with Crippen molar-refractivity contribution in [2.24, 2.45) is 0 Å². The van der Waals surface area contributed by atoms with Crippen LogP contribution < -0.4 is 5.56 Å². The fourth-order valence-electron chi connectivity index (χ4n) is 2.33. The number of hydrogen-bond donors (Lipinski definition) is 2. The summed E-state index contributed by atoms with van der Waals surface area (Å²) in [4.78, 5) is 28.5. The molecule has 2 aromatic rings. The number of hydrogen-bond acceptors (Lipinski definition) is 3. The van der Waals surface area contributed by atoms with Crippen LogP contribution >= 0.6 is 0 Å². The molecule has 0 saturated heterocycles. The van der Waals surface area contributed by atoms with E-state index in [0.717, 1.165) is 24.6 Å². The number of aromatic amines is 1. The van der Waals surface area contributed by atoms with Gasteiger partial charge in [0.2, 0.25) is 5.56 Å². The van der Waals surface area contributed by atoms with Gasteiger partial charge in [-0.1, -0.05) is 18.2 Å². The molecule has 0 unspecified atom stereocenters. The van der Waals surface area contributed by atoms with Crippen molar-refractivity contribution in [2.45, 2.75) is 19.3 Å². The molecule has 1 heterocycles. The Labute approximate surface area is 123 Å². The van der Waals surface area contributed by atoms with Crippen molar-refractivity contribution in [3.63, 3.8) is 0 Å². The van der Waals surface area contributed by atoms with Crippen LogP contribution in [0.4, 0.5) is 0 Å². The summed E-state index contributed by atoms with van der Waals surface area (Å²) in [6.07, 6.45) is 2.46. The number of fused-ring (bicyclic) bond motifs is 1. The molecule has 21 heavy (non-hydrogen) atoms. The van der Waals surface area contributed by atoms with Gasteiger partial charge in [0.05, 0.1) is 5.56 Å². The molecule has 0 aliphatic rings. The lowest BCUT2D eigenvalue weighted by Crippen LogP contribution is -2.29. The monoisotopic (exact) mass is 288 g/mol. The molecule has 1 aromatic heterocycles. The summed E-state index contributed by atoms with van der Waals surface area (Å²) in [5, 5.41) is 9.50. The number of nitrogens with zero attached hydrogens (tertiary/aromatic N) is 1. The Kier molecular flexibility index (Phi) is 5.11. The van der Waals surface area contributed by atoms with E-state index in [2.05, 4.69) is 4.98 Å². The van der Waals surface area contributed by atoms with Gasteiger partial charge in [-0.05, 0) is 25.3 Å². The molecular weight excluding hydrogens is 268 g/mol. The molecule has 2 rings (SSSR count). The lowest BCUT2D eigenvalue weighted by molar-refractivity contribution is 0.0794. The molecule has 5 heteroatoms. The Morgan fingerprint density at radius 1 is 1.24 bits per heavy atom. The SMILES string of the molecule is CN(CCCCCO)C(=O)c1cc(=O)[nH]c2ccccc12. The molecule has 0 aliphatic heterocycles. The minimum Gasteiger partial charge on any atom is -0.396 e. The topological polar surface area (TPSA) is 73.4 Å². The summed E-state index contributed by atoms with van der Waals surface area (Å²) in [7, 11) is 1.73. The number of nitrogens with one attached hydrogen (secondary N) is 1. The number of rotatable bonds is 6. The first-order valence-electron chi connectivity index (χ1n) is 7.12. The molecule has 2 N–H and O–H groups in total. The van der Waals surface area contributed by atoms with Crippen LogP contribution in [0.25, 0.3) is 10.9 Å². The second kappa shape index (κ2) is 7.04. The standard InChI is InChI=1S/C16H20N2O3/c1-18(9-5-2-6-10-19)16(21)13-11-15(20)17-14-8-4-3-7-12(13)14/h3-4,7-8,11,19H,2,5-6,9-10H2,1H3,(H,17,20). The van der Waals surface area contributed by atoms with Crippen molar-refractivity contribution in [1.29, 1.82) is 0 Å². The third-order valence-corrected chi connectivity index (χ3v) is 3.48. The quantitative estimate of drug-likeness (QED) is 0.796. The maximum absolute atomic E-state index is 12.5. The average Bonchev–Trinajstić information content (AvgIpc) is 2.49. The van der Waals surface area contributed by atoms with E-state index in [0.29, 0.717) is 17.6 Å². The maximum Gasteiger partial charge on any atom is 0.254 e. The van der Waals surface area contributed by atoms with Crippen LogP contribution in [-0.2, 0) is 0 Å². The molecule has 112 valence electrons. The highest BCUT2D eigenvalue weighted by molar-refractivity contribution is 6.05. The largest absolute Gasteiger partial charge is 0.396 e. The summed E-state index contributed by atoms with van der Waals surface area (Å²) in [5.74, 6) is -0.152. The number of aliphatic hydroxyl groups excluding tert-OH is 1. The highest BCUT2D eigenvalue weighted by Crippen LogP contribution is 2.16. The summed E-state index contributed by atoms with van der Waals surface area (Å²) >= 11 is 0. The van der Waals surface area contributed by atoms with E-state index >= 15 is 0 Å². The van der Waals surface area contributed by atoms with Crippen LogP contribution in [0.15, 0.2) is 35.1 Å². The van der Waals surface area contributed by atoms with E-state index in [-0.39, 0.29) is 18.1 Å². The smallest absolute Gasteiger partial charge is 0.254 e. The lowest BCUT2D eigenvalue weighted by atomic mass is 10.1. The van der Waals surface area contributed by atoms with E-state index in [4.69, 9.17) is 5.11 Å². The number of carbonyl (C=O) groups excluding carboxylic acids is 1. The number of para-hydroxylation sites is 1. The molecule has 1 aromatic carbocycles. The van der Waals surface area contributed by atoms with Crippen molar-refractivity contribution in [2.75, 3.05) is 20.2 Å². The molecule has 0 bridgehead atoms. The number of carbonyl (C=O) groups is 1. The van der Waals surface area contributed by atoms with Crippen molar-refractivity contribution in [1.82, 2.24) is 9.88 Å². The second-order valence-corrected chi connectivity index (χ2v) is 5.10. The summed E-state index contributed by atoms with van der Waals surface area (Å²) in [5.41, 5.74) is 0.826.